The van der Waals surface area contributed by atoms with Gasteiger partial charge in [-0.05, 0) is 34.9 Å². The molecule has 0 fully saturated rings. The number of carbonyl (C=O) groups excluding carboxylic acids is 1. The first kappa shape index (κ1) is 21.6. The highest BCUT2D eigenvalue weighted by Gasteiger charge is 2.17. The van der Waals surface area contributed by atoms with Crippen LogP contribution < -0.4 is 5.56 Å². The SMILES string of the molecule is O=C(Cn1cnc2scc(-c3ccc(-c4ccccc4)cc3)c2c1=O)c1ccc(Cl)cc1Cl. The fourth-order valence-corrected chi connectivity index (χ4v) is 5.14. The molecular formula is C26H16Cl2N2O2S. The van der Waals surface area contributed by atoms with Gasteiger partial charge in [0.1, 0.15) is 4.83 Å². The molecule has 0 saturated heterocycles. The zero-order chi connectivity index (χ0) is 22.9. The van der Waals surface area contributed by atoms with Gasteiger partial charge in [-0.2, -0.15) is 0 Å². The number of fused-ring (bicyclic) bond motifs is 1. The number of ketones is 1. The third-order valence-corrected chi connectivity index (χ3v) is 6.84. The molecular weight excluding hydrogens is 475 g/mol. The van der Waals surface area contributed by atoms with Crippen LogP contribution in [0.5, 0.6) is 0 Å². The van der Waals surface area contributed by atoms with Crippen molar-refractivity contribution in [1.29, 1.82) is 0 Å². The van der Waals surface area contributed by atoms with E-state index in [2.05, 4.69) is 17.1 Å². The van der Waals surface area contributed by atoms with Crippen molar-refractivity contribution in [2.24, 2.45) is 0 Å². The molecule has 7 heteroatoms. The minimum Gasteiger partial charge on any atom is -0.292 e. The van der Waals surface area contributed by atoms with Crippen molar-refractivity contribution < 1.29 is 4.79 Å². The molecule has 3 aromatic carbocycles. The minimum absolute atomic E-state index is 0.161. The van der Waals surface area contributed by atoms with E-state index in [-0.39, 0.29) is 22.9 Å². The van der Waals surface area contributed by atoms with E-state index in [1.54, 1.807) is 12.1 Å². The van der Waals surface area contributed by atoms with Gasteiger partial charge in [-0.1, -0.05) is 77.8 Å². The molecule has 5 rings (SSSR count). The Morgan fingerprint density at radius 1 is 0.909 bits per heavy atom. The van der Waals surface area contributed by atoms with Crippen LogP contribution in [0.1, 0.15) is 10.4 Å². The molecule has 5 aromatic rings. The lowest BCUT2D eigenvalue weighted by Crippen LogP contribution is -2.24. The van der Waals surface area contributed by atoms with E-state index in [1.165, 1.54) is 28.3 Å². The Bertz CT molecular complexity index is 1540. The summed E-state index contributed by atoms with van der Waals surface area (Å²) < 4.78 is 1.32. The zero-order valence-corrected chi connectivity index (χ0v) is 19.5. The number of thiophene rings is 1. The fraction of sp³-hybridized carbons (Fsp3) is 0.0385. The highest BCUT2D eigenvalue weighted by Crippen LogP contribution is 2.32. The van der Waals surface area contributed by atoms with Gasteiger partial charge in [-0.3, -0.25) is 14.2 Å². The van der Waals surface area contributed by atoms with E-state index in [1.807, 2.05) is 47.8 Å². The maximum atomic E-state index is 13.3. The summed E-state index contributed by atoms with van der Waals surface area (Å²) in [7, 11) is 0. The van der Waals surface area contributed by atoms with Crippen LogP contribution >= 0.6 is 34.5 Å². The van der Waals surface area contributed by atoms with E-state index >= 15 is 0 Å². The predicted octanol–water partition coefficient (Wildman–Crippen LogP) is 6.98. The molecule has 0 atom stereocenters. The smallest absolute Gasteiger partial charge is 0.263 e. The fourth-order valence-electron chi connectivity index (χ4n) is 3.72. The van der Waals surface area contributed by atoms with Gasteiger partial charge in [0.05, 0.1) is 23.3 Å². The highest BCUT2D eigenvalue weighted by atomic mass is 35.5. The van der Waals surface area contributed by atoms with Gasteiger partial charge >= 0.3 is 0 Å². The van der Waals surface area contributed by atoms with E-state index in [9.17, 15) is 9.59 Å². The number of carbonyl (C=O) groups is 1. The molecule has 0 radical (unpaired) electrons. The molecule has 0 amide bonds. The van der Waals surface area contributed by atoms with Gasteiger partial charge in [-0.15, -0.1) is 11.3 Å². The summed E-state index contributed by atoms with van der Waals surface area (Å²) in [4.78, 5) is 31.1. The molecule has 0 unspecified atom stereocenters. The quantitative estimate of drug-likeness (QED) is 0.249. The van der Waals surface area contributed by atoms with Crippen LogP contribution in [0, 0.1) is 0 Å². The van der Waals surface area contributed by atoms with Gasteiger partial charge in [-0.25, -0.2) is 4.98 Å². The van der Waals surface area contributed by atoms with Gasteiger partial charge in [0.2, 0.25) is 0 Å². The van der Waals surface area contributed by atoms with Crippen molar-refractivity contribution >= 4 is 50.5 Å². The Balaban J connectivity index is 1.50. The van der Waals surface area contributed by atoms with Crippen LogP contribution in [0.3, 0.4) is 0 Å². The molecule has 0 aliphatic rings. The summed E-state index contributed by atoms with van der Waals surface area (Å²) >= 11 is 13.5. The van der Waals surface area contributed by atoms with E-state index in [0.29, 0.717) is 20.8 Å². The number of halogens is 2. The molecule has 0 saturated carbocycles. The second-order valence-corrected chi connectivity index (χ2v) is 9.20. The third-order valence-electron chi connectivity index (χ3n) is 5.41. The van der Waals surface area contributed by atoms with Crippen molar-refractivity contribution in [3.05, 3.63) is 110 Å². The molecule has 0 aliphatic heterocycles. The first-order chi connectivity index (χ1) is 16.0. The Morgan fingerprint density at radius 2 is 1.61 bits per heavy atom. The topological polar surface area (TPSA) is 52.0 Å². The second-order valence-electron chi connectivity index (χ2n) is 7.50. The standard InChI is InChI=1S/C26H16Cl2N2O2S/c27-19-10-11-20(22(28)12-19)23(31)13-30-15-29-25-24(26(30)32)21(14-33-25)18-8-6-17(7-9-18)16-4-2-1-3-5-16/h1-12,14-15H,13H2. The van der Waals surface area contributed by atoms with E-state index < -0.39 is 0 Å². The van der Waals surface area contributed by atoms with Crippen molar-refractivity contribution in [2.75, 3.05) is 0 Å². The average Bonchev–Trinajstić information content (AvgIpc) is 3.26. The Labute approximate surface area is 203 Å². The van der Waals surface area contributed by atoms with Gasteiger partial charge < -0.3 is 0 Å². The second kappa shape index (κ2) is 8.94. The Kier molecular flexibility index (Phi) is 5.85. The summed E-state index contributed by atoms with van der Waals surface area (Å²) in [5, 5.41) is 3.13. The van der Waals surface area contributed by atoms with Crippen LogP contribution in [0.15, 0.2) is 89.3 Å². The van der Waals surface area contributed by atoms with E-state index in [0.717, 1.165) is 22.3 Å². The number of aromatic nitrogens is 2. The highest BCUT2D eigenvalue weighted by molar-refractivity contribution is 7.17. The first-order valence-electron chi connectivity index (χ1n) is 10.1. The number of nitrogens with zero attached hydrogens (tertiary/aromatic N) is 2. The third kappa shape index (κ3) is 4.23. The average molecular weight is 491 g/mol. The van der Waals surface area contributed by atoms with Gasteiger partial charge in [0, 0.05) is 21.5 Å². The number of hydrogen-bond donors (Lipinski definition) is 0. The van der Waals surface area contributed by atoms with Crippen LogP contribution in [-0.2, 0) is 6.54 Å². The minimum atomic E-state index is -0.288. The predicted molar refractivity (Wildman–Crippen MR) is 136 cm³/mol. The normalized spacial score (nSPS) is 11.1. The number of benzene rings is 3. The van der Waals surface area contributed by atoms with Gasteiger partial charge in [0.25, 0.3) is 5.56 Å². The molecule has 0 bridgehead atoms. The Morgan fingerprint density at radius 3 is 2.33 bits per heavy atom. The molecule has 0 N–H and O–H groups in total. The summed E-state index contributed by atoms with van der Waals surface area (Å²) in [6.07, 6.45) is 1.41. The largest absolute Gasteiger partial charge is 0.292 e. The lowest BCUT2D eigenvalue weighted by atomic mass is 10.0. The van der Waals surface area contributed by atoms with Crippen LogP contribution in [0.4, 0.5) is 0 Å². The van der Waals surface area contributed by atoms with Gasteiger partial charge in [0.15, 0.2) is 5.78 Å². The molecule has 0 aliphatic carbocycles. The molecule has 2 heterocycles. The summed E-state index contributed by atoms with van der Waals surface area (Å²) in [5.74, 6) is -0.288. The summed E-state index contributed by atoms with van der Waals surface area (Å²) in [6.45, 7) is -0.161. The van der Waals surface area contributed by atoms with Crippen molar-refractivity contribution in [3.63, 3.8) is 0 Å². The monoisotopic (exact) mass is 490 g/mol. The lowest BCUT2D eigenvalue weighted by Gasteiger charge is -2.08. The molecule has 0 spiro atoms. The Hall–Kier alpha value is -3.25. The molecule has 162 valence electrons. The molecule has 4 nitrogen and oxygen atoms in total. The van der Waals surface area contributed by atoms with Crippen molar-refractivity contribution in [2.45, 2.75) is 6.54 Å². The zero-order valence-electron chi connectivity index (χ0n) is 17.2. The van der Waals surface area contributed by atoms with Crippen LogP contribution in [-0.4, -0.2) is 15.3 Å². The van der Waals surface area contributed by atoms with Crippen molar-refractivity contribution in [3.8, 4) is 22.3 Å². The summed E-state index contributed by atoms with van der Waals surface area (Å²) in [6, 6.07) is 22.8. The van der Waals surface area contributed by atoms with E-state index in [4.69, 9.17) is 23.2 Å². The number of Topliss-reactive ketones (excluding diaryl/α,β-unsaturated/α-hetero) is 1. The lowest BCUT2D eigenvalue weighted by molar-refractivity contribution is 0.0971. The number of rotatable bonds is 5. The maximum Gasteiger partial charge on any atom is 0.263 e. The molecule has 2 aromatic heterocycles. The van der Waals surface area contributed by atoms with Crippen LogP contribution in [0.25, 0.3) is 32.5 Å². The molecule has 33 heavy (non-hydrogen) atoms. The van der Waals surface area contributed by atoms with Crippen molar-refractivity contribution in [1.82, 2.24) is 9.55 Å². The first-order valence-corrected chi connectivity index (χ1v) is 11.8. The summed E-state index contributed by atoms with van der Waals surface area (Å²) in [5.41, 5.74) is 4.00. The van der Waals surface area contributed by atoms with Crippen LogP contribution in [0.2, 0.25) is 10.0 Å². The number of hydrogen-bond acceptors (Lipinski definition) is 4. The maximum absolute atomic E-state index is 13.3.